The van der Waals surface area contributed by atoms with Crippen molar-refractivity contribution in [2.24, 2.45) is 5.41 Å². The van der Waals surface area contributed by atoms with Gasteiger partial charge in [0.15, 0.2) is 0 Å². The van der Waals surface area contributed by atoms with Crippen LogP contribution < -0.4 is 10.6 Å². The van der Waals surface area contributed by atoms with E-state index in [1.807, 2.05) is 6.07 Å². The summed E-state index contributed by atoms with van der Waals surface area (Å²) in [7, 11) is 0. The number of likely N-dealkylation sites (N-methyl/N-ethyl adjacent to an activating group) is 1. The summed E-state index contributed by atoms with van der Waals surface area (Å²) in [6, 6.07) is 1.96. The van der Waals surface area contributed by atoms with Gasteiger partial charge in [-0.3, -0.25) is 9.59 Å². The molecule has 2 amide bonds. The molecule has 0 aromatic heterocycles. The lowest BCUT2D eigenvalue weighted by Crippen LogP contribution is -2.39. The first-order valence-electron chi connectivity index (χ1n) is 4.61. The molecule has 0 bridgehead atoms. The van der Waals surface area contributed by atoms with Crippen LogP contribution in [0.2, 0.25) is 0 Å². The summed E-state index contributed by atoms with van der Waals surface area (Å²) in [4.78, 5) is 22.3. The van der Waals surface area contributed by atoms with Crippen LogP contribution in [0.25, 0.3) is 0 Å². The van der Waals surface area contributed by atoms with Gasteiger partial charge in [-0.15, -0.1) is 0 Å². The molecule has 0 spiro atoms. The molecule has 0 heterocycles. The van der Waals surface area contributed by atoms with Crippen molar-refractivity contribution in [1.29, 1.82) is 5.26 Å². The molecular weight excluding hydrogens is 182 g/mol. The Morgan fingerprint density at radius 3 is 2.50 bits per heavy atom. The minimum absolute atomic E-state index is 0.0455. The largest absolute Gasteiger partial charge is 0.355 e. The Labute approximate surface area is 82.5 Å². The maximum absolute atomic E-state index is 11.4. The van der Waals surface area contributed by atoms with Crippen LogP contribution in [0, 0.1) is 16.7 Å². The van der Waals surface area contributed by atoms with Crippen molar-refractivity contribution in [3.63, 3.8) is 0 Å². The van der Waals surface area contributed by atoms with E-state index in [2.05, 4.69) is 10.6 Å². The van der Waals surface area contributed by atoms with Crippen LogP contribution in [0.5, 0.6) is 0 Å². The highest BCUT2D eigenvalue weighted by molar-refractivity contribution is 5.91. The van der Waals surface area contributed by atoms with Crippen molar-refractivity contribution in [3.05, 3.63) is 0 Å². The van der Waals surface area contributed by atoms with Crippen LogP contribution in [0.15, 0.2) is 0 Å². The van der Waals surface area contributed by atoms with Crippen molar-refractivity contribution in [2.45, 2.75) is 19.8 Å². The molecule has 5 nitrogen and oxygen atoms in total. The van der Waals surface area contributed by atoms with Crippen LogP contribution in [0.1, 0.15) is 19.8 Å². The number of rotatable bonds is 4. The summed E-state index contributed by atoms with van der Waals surface area (Å²) in [5, 5.41) is 13.7. The summed E-state index contributed by atoms with van der Waals surface area (Å²) >= 11 is 0. The predicted octanol–water partition coefficient (Wildman–Crippen LogP) is -0.458. The van der Waals surface area contributed by atoms with Gasteiger partial charge in [0.05, 0.1) is 12.6 Å². The zero-order valence-corrected chi connectivity index (χ0v) is 8.09. The van der Waals surface area contributed by atoms with Gasteiger partial charge in [-0.1, -0.05) is 0 Å². The van der Waals surface area contributed by atoms with Crippen molar-refractivity contribution in [2.75, 3.05) is 13.1 Å². The number of nitrogens with one attached hydrogen (secondary N) is 2. The topological polar surface area (TPSA) is 82.0 Å². The van der Waals surface area contributed by atoms with Gasteiger partial charge < -0.3 is 10.6 Å². The molecule has 1 saturated carbocycles. The summed E-state index contributed by atoms with van der Waals surface area (Å²) < 4.78 is 0. The molecule has 5 heteroatoms. The van der Waals surface area contributed by atoms with E-state index in [4.69, 9.17) is 5.26 Å². The molecule has 0 aliphatic heterocycles. The Morgan fingerprint density at radius 1 is 1.43 bits per heavy atom. The minimum atomic E-state index is -0.841. The summed E-state index contributed by atoms with van der Waals surface area (Å²) in [5.74, 6) is -0.555. The molecular formula is C9H13N3O2. The van der Waals surface area contributed by atoms with Gasteiger partial charge in [-0.2, -0.15) is 5.26 Å². The molecule has 1 rings (SSSR count). The smallest absolute Gasteiger partial charge is 0.240 e. The van der Waals surface area contributed by atoms with E-state index < -0.39 is 5.41 Å². The molecule has 1 aliphatic rings. The number of hydrogen-bond acceptors (Lipinski definition) is 3. The van der Waals surface area contributed by atoms with Gasteiger partial charge in [0.1, 0.15) is 5.41 Å². The fourth-order valence-corrected chi connectivity index (χ4v) is 1.10. The Kier molecular flexibility index (Phi) is 3.07. The second-order valence-electron chi connectivity index (χ2n) is 3.33. The van der Waals surface area contributed by atoms with E-state index in [-0.39, 0.29) is 18.4 Å². The van der Waals surface area contributed by atoms with Crippen molar-refractivity contribution in [3.8, 4) is 6.07 Å². The van der Waals surface area contributed by atoms with Gasteiger partial charge in [0.25, 0.3) is 0 Å². The average Bonchev–Trinajstić information content (AvgIpc) is 2.95. The van der Waals surface area contributed by atoms with E-state index in [1.165, 1.54) is 0 Å². The summed E-state index contributed by atoms with van der Waals surface area (Å²) in [6.07, 6.45) is 1.20. The summed E-state index contributed by atoms with van der Waals surface area (Å²) in [6.45, 7) is 2.30. The van der Waals surface area contributed by atoms with E-state index in [0.29, 0.717) is 19.4 Å². The third-order valence-electron chi connectivity index (χ3n) is 2.18. The van der Waals surface area contributed by atoms with Gasteiger partial charge in [0.2, 0.25) is 11.8 Å². The molecule has 0 radical (unpaired) electrons. The van der Waals surface area contributed by atoms with Crippen molar-refractivity contribution < 1.29 is 9.59 Å². The van der Waals surface area contributed by atoms with E-state index >= 15 is 0 Å². The number of nitriles is 1. The lowest BCUT2D eigenvalue weighted by molar-refractivity contribution is -0.128. The molecule has 1 aliphatic carbocycles. The lowest BCUT2D eigenvalue weighted by Gasteiger charge is -2.07. The van der Waals surface area contributed by atoms with Gasteiger partial charge in [-0.05, 0) is 19.8 Å². The third-order valence-corrected chi connectivity index (χ3v) is 2.18. The second kappa shape index (κ2) is 4.09. The van der Waals surface area contributed by atoms with Crippen molar-refractivity contribution in [1.82, 2.24) is 10.6 Å². The number of carbonyl (C=O) groups is 2. The third kappa shape index (κ3) is 2.22. The number of amides is 2. The van der Waals surface area contributed by atoms with Crippen LogP contribution >= 0.6 is 0 Å². The van der Waals surface area contributed by atoms with Gasteiger partial charge in [0, 0.05) is 6.54 Å². The molecule has 14 heavy (non-hydrogen) atoms. The maximum atomic E-state index is 11.4. The number of hydrogen-bond donors (Lipinski definition) is 2. The molecule has 0 aromatic rings. The molecule has 76 valence electrons. The zero-order chi connectivity index (χ0) is 10.6. The zero-order valence-electron chi connectivity index (χ0n) is 8.09. The molecule has 0 saturated heterocycles. The standard InChI is InChI=1S/C9H13N3O2/c1-2-11-7(13)5-12-8(14)9(6-10)3-4-9/h2-5H2,1H3,(H,11,13)(H,12,14). The monoisotopic (exact) mass is 195 g/mol. The van der Waals surface area contributed by atoms with Gasteiger partial charge in [-0.25, -0.2) is 0 Å². The highest BCUT2D eigenvalue weighted by Gasteiger charge is 2.50. The van der Waals surface area contributed by atoms with Crippen LogP contribution in [-0.4, -0.2) is 24.9 Å². The van der Waals surface area contributed by atoms with Crippen LogP contribution in [0.4, 0.5) is 0 Å². The highest BCUT2D eigenvalue weighted by atomic mass is 16.2. The number of nitrogens with zero attached hydrogens (tertiary/aromatic N) is 1. The molecule has 0 atom stereocenters. The fraction of sp³-hybridized carbons (Fsp3) is 0.667. The Hall–Kier alpha value is -1.57. The average molecular weight is 195 g/mol. The molecule has 0 aromatic carbocycles. The highest BCUT2D eigenvalue weighted by Crippen LogP contribution is 2.44. The normalized spacial score (nSPS) is 16.6. The number of carbonyl (C=O) groups excluding carboxylic acids is 2. The molecule has 2 N–H and O–H groups in total. The molecule has 1 fully saturated rings. The minimum Gasteiger partial charge on any atom is -0.355 e. The fourth-order valence-electron chi connectivity index (χ4n) is 1.10. The Bertz CT molecular complexity index is 289. The van der Waals surface area contributed by atoms with Crippen LogP contribution in [-0.2, 0) is 9.59 Å². The Morgan fingerprint density at radius 2 is 2.07 bits per heavy atom. The predicted molar refractivity (Wildman–Crippen MR) is 49.0 cm³/mol. The molecule has 0 unspecified atom stereocenters. The first-order valence-corrected chi connectivity index (χ1v) is 4.61. The van der Waals surface area contributed by atoms with E-state index in [0.717, 1.165) is 0 Å². The van der Waals surface area contributed by atoms with Gasteiger partial charge >= 0.3 is 0 Å². The maximum Gasteiger partial charge on any atom is 0.240 e. The van der Waals surface area contributed by atoms with E-state index in [9.17, 15) is 9.59 Å². The lowest BCUT2D eigenvalue weighted by atomic mass is 10.1. The first-order chi connectivity index (χ1) is 6.64. The van der Waals surface area contributed by atoms with Crippen molar-refractivity contribution >= 4 is 11.8 Å². The summed E-state index contributed by atoms with van der Waals surface area (Å²) in [5.41, 5.74) is -0.841. The van der Waals surface area contributed by atoms with E-state index in [1.54, 1.807) is 6.92 Å². The first kappa shape index (κ1) is 10.5. The van der Waals surface area contributed by atoms with Crippen LogP contribution in [0.3, 0.4) is 0 Å². The SMILES string of the molecule is CCNC(=O)CNC(=O)C1(C#N)CC1. The Balaban J connectivity index is 2.29. The quantitative estimate of drug-likeness (QED) is 0.637. The second-order valence-corrected chi connectivity index (χ2v) is 3.33.